The van der Waals surface area contributed by atoms with Crippen LogP contribution in [0.3, 0.4) is 0 Å². The lowest BCUT2D eigenvalue weighted by Gasteiger charge is -2.08. The number of hydrogen-bond acceptors (Lipinski definition) is 6. The van der Waals surface area contributed by atoms with Crippen LogP contribution < -0.4 is 10.3 Å². The van der Waals surface area contributed by atoms with Crippen molar-refractivity contribution in [2.75, 3.05) is 0 Å². The highest BCUT2D eigenvalue weighted by Crippen LogP contribution is 2.30. The molecule has 0 atom stereocenters. The molecule has 1 aliphatic rings. The van der Waals surface area contributed by atoms with Gasteiger partial charge in [0.15, 0.2) is 0 Å². The molecule has 132 valence electrons. The molecule has 25 heavy (non-hydrogen) atoms. The summed E-state index contributed by atoms with van der Waals surface area (Å²) in [4.78, 5) is 25.7. The quantitative estimate of drug-likeness (QED) is 0.607. The number of nitro benzene ring substituents is 1. The second-order valence-electron chi connectivity index (χ2n) is 5.68. The van der Waals surface area contributed by atoms with Gasteiger partial charge in [-0.05, 0) is 43.9 Å². The molecule has 0 radical (unpaired) electrons. The first-order chi connectivity index (χ1) is 11.8. The fourth-order valence-corrected chi connectivity index (χ4v) is 4.64. The summed E-state index contributed by atoms with van der Waals surface area (Å²) < 4.78 is 24.5. The van der Waals surface area contributed by atoms with Gasteiger partial charge in [-0.1, -0.05) is 6.07 Å². The van der Waals surface area contributed by atoms with Crippen molar-refractivity contribution in [3.8, 4) is 0 Å². The van der Waals surface area contributed by atoms with Crippen molar-refractivity contribution in [1.82, 2.24) is 10.3 Å². The molecule has 0 unspecified atom stereocenters. The summed E-state index contributed by atoms with van der Waals surface area (Å²) >= 11 is 1.35. The maximum Gasteiger partial charge on any atom is 0.276 e. The Kier molecular flexibility index (Phi) is 4.58. The normalized spacial score (nSPS) is 13.5. The van der Waals surface area contributed by atoms with Gasteiger partial charge >= 0.3 is 0 Å². The van der Waals surface area contributed by atoms with Crippen LogP contribution in [0.25, 0.3) is 0 Å². The Morgan fingerprint density at radius 3 is 2.72 bits per heavy atom. The number of amides is 1. The zero-order chi connectivity index (χ0) is 18.2. The lowest BCUT2D eigenvalue weighted by atomic mass is 10.2. The SMILES string of the molecule is Cc1ccc(S(=O)(=O)NNC(=O)c2cc3c(s2)CCC3)cc1[N+](=O)[O-]. The number of aryl methyl sites for hydroxylation is 3. The third-order valence-electron chi connectivity index (χ3n) is 3.96. The molecule has 10 heteroatoms. The van der Waals surface area contributed by atoms with Crippen LogP contribution in [-0.2, 0) is 22.9 Å². The van der Waals surface area contributed by atoms with Gasteiger partial charge < -0.3 is 0 Å². The van der Waals surface area contributed by atoms with Crippen LogP contribution in [0.4, 0.5) is 5.69 Å². The fourth-order valence-electron chi connectivity index (χ4n) is 2.63. The Labute approximate surface area is 148 Å². The zero-order valence-corrected chi connectivity index (χ0v) is 14.9. The summed E-state index contributed by atoms with van der Waals surface area (Å²) in [6, 6.07) is 5.33. The number of hydrogen-bond donors (Lipinski definition) is 2. The van der Waals surface area contributed by atoms with E-state index in [0.29, 0.717) is 10.4 Å². The molecule has 1 heterocycles. The van der Waals surface area contributed by atoms with Crippen molar-refractivity contribution >= 4 is 33.0 Å². The average Bonchev–Trinajstić information content (AvgIpc) is 3.14. The van der Waals surface area contributed by atoms with E-state index < -0.39 is 20.9 Å². The van der Waals surface area contributed by atoms with Crippen LogP contribution in [0, 0.1) is 17.0 Å². The Bertz CT molecular complexity index is 944. The number of rotatable bonds is 5. The molecule has 0 spiro atoms. The van der Waals surface area contributed by atoms with Gasteiger partial charge in [-0.2, -0.15) is 0 Å². The van der Waals surface area contributed by atoms with Gasteiger partial charge in [0.2, 0.25) is 0 Å². The molecular weight excluding hydrogens is 366 g/mol. The smallest absolute Gasteiger partial charge is 0.273 e. The van der Waals surface area contributed by atoms with Gasteiger partial charge in [-0.25, -0.2) is 8.42 Å². The summed E-state index contributed by atoms with van der Waals surface area (Å²) in [6.07, 6.45) is 2.94. The van der Waals surface area contributed by atoms with E-state index >= 15 is 0 Å². The van der Waals surface area contributed by atoms with E-state index in [1.165, 1.54) is 30.4 Å². The van der Waals surface area contributed by atoms with E-state index in [4.69, 9.17) is 0 Å². The van der Waals surface area contributed by atoms with Crippen molar-refractivity contribution in [2.45, 2.75) is 31.1 Å². The largest absolute Gasteiger partial charge is 0.276 e. The van der Waals surface area contributed by atoms with Gasteiger partial charge in [0.1, 0.15) is 0 Å². The van der Waals surface area contributed by atoms with Crippen LogP contribution in [-0.4, -0.2) is 19.2 Å². The number of carbonyl (C=O) groups is 1. The minimum absolute atomic E-state index is 0.293. The third kappa shape index (κ3) is 3.55. The number of carbonyl (C=O) groups excluding carboxylic acids is 1. The molecule has 2 N–H and O–H groups in total. The first kappa shape index (κ1) is 17.5. The number of sulfonamides is 1. The van der Waals surface area contributed by atoms with Crippen LogP contribution >= 0.6 is 11.3 Å². The summed E-state index contributed by atoms with van der Waals surface area (Å²) in [6.45, 7) is 1.51. The summed E-state index contributed by atoms with van der Waals surface area (Å²) in [7, 11) is -4.11. The molecule has 1 aromatic carbocycles. The highest BCUT2D eigenvalue weighted by Gasteiger charge is 2.22. The van der Waals surface area contributed by atoms with Crippen molar-refractivity contribution in [3.63, 3.8) is 0 Å². The second kappa shape index (κ2) is 6.54. The number of benzene rings is 1. The van der Waals surface area contributed by atoms with Crippen molar-refractivity contribution in [1.29, 1.82) is 0 Å². The number of thiophene rings is 1. The highest BCUT2D eigenvalue weighted by molar-refractivity contribution is 7.89. The molecular formula is C15H15N3O5S2. The maximum absolute atomic E-state index is 12.2. The number of nitrogens with zero attached hydrogens (tertiary/aromatic N) is 1. The predicted octanol–water partition coefficient (Wildman–Crippen LogP) is 2.08. The lowest BCUT2D eigenvalue weighted by molar-refractivity contribution is -0.385. The zero-order valence-electron chi connectivity index (χ0n) is 13.2. The van der Waals surface area contributed by atoms with Crippen LogP contribution in [0.15, 0.2) is 29.2 Å². The highest BCUT2D eigenvalue weighted by atomic mass is 32.2. The molecule has 0 fully saturated rings. The molecule has 0 saturated heterocycles. The van der Waals surface area contributed by atoms with Crippen molar-refractivity contribution in [2.24, 2.45) is 0 Å². The predicted molar refractivity (Wildman–Crippen MR) is 92.0 cm³/mol. The van der Waals surface area contributed by atoms with E-state index in [0.717, 1.165) is 35.8 Å². The van der Waals surface area contributed by atoms with Gasteiger partial charge in [0.05, 0.1) is 14.7 Å². The second-order valence-corrected chi connectivity index (χ2v) is 8.50. The third-order valence-corrected chi connectivity index (χ3v) is 6.44. The minimum Gasteiger partial charge on any atom is -0.273 e. The molecule has 0 aliphatic heterocycles. The maximum atomic E-state index is 12.2. The number of nitro groups is 1. The van der Waals surface area contributed by atoms with Crippen LogP contribution in [0.2, 0.25) is 0 Å². The summed E-state index contributed by atoms with van der Waals surface area (Å²) in [5, 5.41) is 10.9. The van der Waals surface area contributed by atoms with E-state index in [2.05, 4.69) is 5.43 Å². The van der Waals surface area contributed by atoms with Crippen LogP contribution in [0.1, 0.15) is 32.1 Å². The summed E-state index contributed by atoms with van der Waals surface area (Å²) in [5.41, 5.74) is 3.33. The monoisotopic (exact) mass is 381 g/mol. The molecule has 8 nitrogen and oxygen atoms in total. The van der Waals surface area contributed by atoms with Gasteiger partial charge in [-0.3, -0.25) is 20.3 Å². The Hall–Kier alpha value is -2.30. The average molecular weight is 381 g/mol. The fraction of sp³-hybridized carbons (Fsp3) is 0.267. The molecule has 1 aromatic heterocycles. The molecule has 0 saturated carbocycles. The van der Waals surface area contributed by atoms with E-state index in [9.17, 15) is 23.3 Å². The number of nitrogens with one attached hydrogen (secondary N) is 2. The Balaban J connectivity index is 1.74. The Morgan fingerprint density at radius 1 is 1.28 bits per heavy atom. The van der Waals surface area contributed by atoms with E-state index in [-0.39, 0.29) is 10.6 Å². The molecule has 3 rings (SSSR count). The standard InChI is InChI=1S/C15H15N3O5S2/c1-9-5-6-11(8-12(9)18(20)21)25(22,23)17-16-15(19)14-7-10-3-2-4-13(10)24-14/h5-8,17H,2-4H2,1H3,(H,16,19). The number of hydrazine groups is 1. The van der Waals surface area contributed by atoms with Gasteiger partial charge in [-0.15, -0.1) is 16.2 Å². The minimum atomic E-state index is -4.11. The molecule has 1 amide bonds. The lowest BCUT2D eigenvalue weighted by Crippen LogP contribution is -2.41. The van der Waals surface area contributed by atoms with E-state index in [1.54, 1.807) is 6.07 Å². The van der Waals surface area contributed by atoms with Crippen LogP contribution in [0.5, 0.6) is 0 Å². The molecule has 2 aromatic rings. The molecule has 1 aliphatic carbocycles. The van der Waals surface area contributed by atoms with Gasteiger partial charge in [0.25, 0.3) is 21.6 Å². The first-order valence-electron chi connectivity index (χ1n) is 7.47. The molecule has 0 bridgehead atoms. The van der Waals surface area contributed by atoms with E-state index in [1.807, 2.05) is 4.83 Å². The van der Waals surface area contributed by atoms with Crippen molar-refractivity contribution in [3.05, 3.63) is 55.3 Å². The first-order valence-corrected chi connectivity index (χ1v) is 9.76. The topological polar surface area (TPSA) is 118 Å². The summed E-state index contributed by atoms with van der Waals surface area (Å²) in [5.74, 6) is -0.551. The van der Waals surface area contributed by atoms with Crippen molar-refractivity contribution < 1.29 is 18.1 Å². The number of fused-ring (bicyclic) bond motifs is 1. The van der Waals surface area contributed by atoms with Gasteiger partial charge in [0, 0.05) is 16.5 Å². The Morgan fingerprint density at radius 2 is 2.04 bits per heavy atom.